The number of hydrogen-bond acceptors (Lipinski definition) is 3. The number of aromatic nitrogens is 1. The number of halogens is 1. The Morgan fingerprint density at radius 3 is 2.58 bits per heavy atom. The van der Waals surface area contributed by atoms with Crippen molar-refractivity contribution in [2.75, 3.05) is 13.1 Å². The van der Waals surface area contributed by atoms with Crippen molar-refractivity contribution >= 4 is 31.9 Å². The van der Waals surface area contributed by atoms with E-state index in [2.05, 4.69) is 20.7 Å². The third-order valence-electron chi connectivity index (χ3n) is 4.75. The van der Waals surface area contributed by atoms with Crippen molar-refractivity contribution in [3.63, 3.8) is 0 Å². The van der Waals surface area contributed by atoms with Crippen molar-refractivity contribution in [2.45, 2.75) is 31.2 Å². The molecule has 0 radical (unpaired) electrons. The predicted molar refractivity (Wildman–Crippen MR) is 103 cm³/mol. The molecule has 1 aromatic carbocycles. The molecule has 0 atom stereocenters. The smallest absolute Gasteiger partial charge is 0.270 e. The molecule has 0 unspecified atom stereocenters. The number of hydrogen-bond donors (Lipinski definition) is 1. The van der Waals surface area contributed by atoms with E-state index < -0.39 is 10.0 Å². The minimum Gasteiger partial charge on any atom is -0.343 e. The van der Waals surface area contributed by atoms with E-state index in [-0.39, 0.29) is 17.3 Å². The van der Waals surface area contributed by atoms with Crippen LogP contribution < -0.4 is 4.72 Å². The minimum atomic E-state index is -3.72. The maximum Gasteiger partial charge on any atom is 0.270 e. The van der Waals surface area contributed by atoms with Gasteiger partial charge in [-0.1, -0.05) is 28.1 Å². The molecule has 0 aliphatic carbocycles. The summed E-state index contributed by atoms with van der Waals surface area (Å²) < 4.78 is 30.7. The van der Waals surface area contributed by atoms with E-state index in [4.69, 9.17) is 0 Å². The quantitative estimate of drug-likeness (QED) is 0.778. The van der Waals surface area contributed by atoms with Crippen molar-refractivity contribution in [3.05, 3.63) is 51.8 Å². The van der Waals surface area contributed by atoms with Crippen LogP contribution in [0.2, 0.25) is 0 Å². The molecule has 140 valence electrons. The summed E-state index contributed by atoms with van der Waals surface area (Å²) in [5, 5.41) is 0. The lowest BCUT2D eigenvalue weighted by Gasteiger charge is -2.15. The highest BCUT2D eigenvalue weighted by Crippen LogP contribution is 2.22. The summed E-state index contributed by atoms with van der Waals surface area (Å²) in [6.45, 7) is 3.36. The number of carbonyl (C=O) groups is 1. The van der Waals surface area contributed by atoms with Gasteiger partial charge in [0.15, 0.2) is 0 Å². The first-order valence-electron chi connectivity index (χ1n) is 8.49. The molecule has 8 heteroatoms. The van der Waals surface area contributed by atoms with Crippen LogP contribution in [0.15, 0.2) is 39.7 Å². The molecular weight excluding hydrogens is 418 g/mol. The molecular formula is C18H22BrN3O3S. The fourth-order valence-corrected chi connectivity index (χ4v) is 4.89. The fourth-order valence-electron chi connectivity index (χ4n) is 3.13. The van der Waals surface area contributed by atoms with Crippen LogP contribution in [0.3, 0.4) is 0 Å². The first-order valence-corrected chi connectivity index (χ1v) is 10.8. The summed E-state index contributed by atoms with van der Waals surface area (Å²) in [7, 11) is -1.99. The number of benzene rings is 1. The van der Waals surface area contributed by atoms with Crippen LogP contribution in [0.1, 0.15) is 34.6 Å². The highest BCUT2D eigenvalue weighted by molar-refractivity contribution is 9.10. The lowest BCUT2D eigenvalue weighted by molar-refractivity contribution is 0.0783. The lowest BCUT2D eigenvalue weighted by atomic mass is 10.2. The molecule has 26 heavy (non-hydrogen) atoms. The SMILES string of the molecule is Cc1c(S(=O)(=O)NCc2cccc(Br)c2)cc(C(=O)N2CCCC2)n1C. The van der Waals surface area contributed by atoms with Gasteiger partial charge in [-0.2, -0.15) is 0 Å². The summed E-state index contributed by atoms with van der Waals surface area (Å²) in [6.07, 6.45) is 1.99. The standard InChI is InChI=1S/C18H22BrN3O3S/c1-13-17(11-16(21(13)2)18(23)22-8-3-4-9-22)26(24,25)20-12-14-6-5-7-15(19)10-14/h5-7,10-11,20H,3-4,8-9,12H2,1-2H3. The maximum atomic E-state index is 12.8. The van der Waals surface area contributed by atoms with Crippen molar-refractivity contribution in [2.24, 2.45) is 7.05 Å². The molecule has 1 saturated heterocycles. The summed E-state index contributed by atoms with van der Waals surface area (Å²) in [5.74, 6) is -0.110. The Morgan fingerprint density at radius 1 is 1.23 bits per heavy atom. The van der Waals surface area contributed by atoms with Gasteiger partial charge in [0.1, 0.15) is 10.6 Å². The van der Waals surface area contributed by atoms with Crippen LogP contribution in [0.4, 0.5) is 0 Å². The van der Waals surface area contributed by atoms with Crippen LogP contribution in [0, 0.1) is 6.92 Å². The topological polar surface area (TPSA) is 71.4 Å². The van der Waals surface area contributed by atoms with Gasteiger partial charge in [-0.15, -0.1) is 0 Å². The zero-order chi connectivity index (χ0) is 18.9. The van der Waals surface area contributed by atoms with Gasteiger partial charge in [-0.25, -0.2) is 13.1 Å². The summed E-state index contributed by atoms with van der Waals surface area (Å²) in [4.78, 5) is 14.6. The second-order valence-electron chi connectivity index (χ2n) is 6.49. The Balaban J connectivity index is 1.83. The number of nitrogens with zero attached hydrogens (tertiary/aromatic N) is 2. The molecule has 1 amide bonds. The van der Waals surface area contributed by atoms with Gasteiger partial charge >= 0.3 is 0 Å². The number of nitrogens with one attached hydrogen (secondary N) is 1. The number of carbonyl (C=O) groups excluding carboxylic acids is 1. The highest BCUT2D eigenvalue weighted by Gasteiger charge is 2.27. The zero-order valence-electron chi connectivity index (χ0n) is 14.8. The summed E-state index contributed by atoms with van der Waals surface area (Å²) >= 11 is 3.38. The molecule has 3 rings (SSSR count). The van der Waals surface area contributed by atoms with Crippen molar-refractivity contribution in [3.8, 4) is 0 Å². The van der Waals surface area contributed by atoms with Crippen molar-refractivity contribution < 1.29 is 13.2 Å². The molecule has 1 fully saturated rings. The van der Waals surface area contributed by atoms with Gasteiger partial charge in [-0.05, 0) is 43.5 Å². The van der Waals surface area contributed by atoms with E-state index in [0.29, 0.717) is 11.4 Å². The molecule has 0 saturated carbocycles. The largest absolute Gasteiger partial charge is 0.343 e. The fraction of sp³-hybridized carbons (Fsp3) is 0.389. The maximum absolute atomic E-state index is 12.8. The van der Waals surface area contributed by atoms with Gasteiger partial charge < -0.3 is 9.47 Å². The van der Waals surface area contributed by atoms with Gasteiger partial charge in [0.2, 0.25) is 10.0 Å². The first kappa shape index (κ1) is 19.1. The van der Waals surface area contributed by atoms with Gasteiger partial charge in [-0.3, -0.25) is 4.79 Å². The van der Waals surface area contributed by atoms with E-state index in [1.54, 1.807) is 23.4 Å². The molecule has 1 aliphatic rings. The van der Waals surface area contributed by atoms with Crippen molar-refractivity contribution in [1.82, 2.24) is 14.2 Å². The monoisotopic (exact) mass is 439 g/mol. The Morgan fingerprint density at radius 2 is 1.92 bits per heavy atom. The van der Waals surface area contributed by atoms with Crippen LogP contribution in [0.25, 0.3) is 0 Å². The number of amides is 1. The molecule has 0 bridgehead atoms. The molecule has 6 nitrogen and oxygen atoms in total. The van der Waals surface area contributed by atoms with Crippen LogP contribution in [-0.4, -0.2) is 36.9 Å². The van der Waals surface area contributed by atoms with E-state index in [0.717, 1.165) is 36.0 Å². The van der Waals surface area contributed by atoms with Gasteiger partial charge in [0, 0.05) is 36.8 Å². The Bertz CT molecular complexity index is 931. The zero-order valence-corrected chi connectivity index (χ0v) is 17.2. The summed E-state index contributed by atoms with van der Waals surface area (Å²) in [5.41, 5.74) is 1.81. The van der Waals surface area contributed by atoms with Crippen LogP contribution >= 0.6 is 15.9 Å². The van der Waals surface area contributed by atoms with Crippen molar-refractivity contribution in [1.29, 1.82) is 0 Å². The molecule has 1 N–H and O–H groups in total. The molecule has 2 heterocycles. The third kappa shape index (κ3) is 3.87. The summed E-state index contributed by atoms with van der Waals surface area (Å²) in [6, 6.07) is 8.94. The van der Waals surface area contributed by atoms with Crippen LogP contribution in [-0.2, 0) is 23.6 Å². The van der Waals surface area contributed by atoms with E-state index in [1.165, 1.54) is 6.07 Å². The number of likely N-dealkylation sites (tertiary alicyclic amines) is 1. The molecule has 0 spiro atoms. The number of sulfonamides is 1. The van der Waals surface area contributed by atoms with Crippen LogP contribution in [0.5, 0.6) is 0 Å². The second-order valence-corrected chi connectivity index (χ2v) is 9.14. The lowest BCUT2D eigenvalue weighted by Crippen LogP contribution is -2.29. The highest BCUT2D eigenvalue weighted by atomic mass is 79.9. The molecule has 2 aromatic rings. The van der Waals surface area contributed by atoms with E-state index in [9.17, 15) is 13.2 Å². The average Bonchev–Trinajstić information content (AvgIpc) is 3.23. The predicted octanol–water partition coefficient (Wildman–Crippen LogP) is 2.81. The molecule has 1 aliphatic heterocycles. The van der Waals surface area contributed by atoms with Gasteiger partial charge in [0.25, 0.3) is 5.91 Å². The first-order chi connectivity index (χ1) is 12.3. The Hall–Kier alpha value is -1.64. The average molecular weight is 440 g/mol. The minimum absolute atomic E-state index is 0.110. The van der Waals surface area contributed by atoms with E-state index in [1.807, 2.05) is 24.3 Å². The normalized spacial score (nSPS) is 14.8. The van der Waals surface area contributed by atoms with Gasteiger partial charge in [0.05, 0.1) is 0 Å². The van der Waals surface area contributed by atoms with E-state index >= 15 is 0 Å². The second kappa shape index (κ2) is 7.54. The third-order valence-corrected chi connectivity index (χ3v) is 6.76. The Labute approximate surface area is 162 Å². The molecule has 1 aromatic heterocycles. The Kier molecular flexibility index (Phi) is 5.55. The number of rotatable bonds is 5.